The van der Waals surface area contributed by atoms with Gasteiger partial charge in [0.2, 0.25) is 0 Å². The van der Waals surface area contributed by atoms with Crippen LogP contribution in [0.4, 0.5) is 0 Å². The van der Waals surface area contributed by atoms with Gasteiger partial charge in [-0.25, -0.2) is 0 Å². The van der Waals surface area contributed by atoms with Crippen molar-refractivity contribution in [2.45, 2.75) is 24.3 Å². The maximum absolute atomic E-state index is 10.5. The largest absolute Gasteiger partial charge is 0.481 e. The molecule has 0 radical (unpaired) electrons. The van der Waals surface area contributed by atoms with Gasteiger partial charge in [-0.2, -0.15) is 8.42 Å². The van der Waals surface area contributed by atoms with Crippen molar-refractivity contribution in [3.63, 3.8) is 0 Å². The van der Waals surface area contributed by atoms with E-state index < -0.39 is 34.5 Å². The van der Waals surface area contributed by atoms with Gasteiger partial charge in [-0.15, -0.1) is 0 Å². The van der Waals surface area contributed by atoms with E-state index in [4.69, 9.17) is 20.5 Å². The molecule has 1 rings (SSSR count). The molecule has 0 unspecified atom stereocenters. The molecule has 1 atom stereocenters. The quantitative estimate of drug-likeness (QED) is 0.571. The van der Waals surface area contributed by atoms with Crippen LogP contribution in [0.5, 0.6) is 0 Å². The summed E-state index contributed by atoms with van der Waals surface area (Å²) in [4.78, 5) is 19.6. The van der Waals surface area contributed by atoms with Crippen LogP contribution in [0.3, 0.4) is 0 Å². The number of rotatable bonds is 4. The Labute approximate surface area is 115 Å². The van der Waals surface area contributed by atoms with Crippen molar-refractivity contribution in [1.29, 1.82) is 0 Å². The topological polar surface area (TPSA) is 155 Å². The average molecular weight is 305 g/mol. The summed E-state index contributed by atoms with van der Waals surface area (Å²) in [5.74, 6) is -2.50. The van der Waals surface area contributed by atoms with Gasteiger partial charge in [-0.1, -0.05) is 17.7 Å². The number of aliphatic carboxylic acids is 2. The SMILES string of the molecule is Cc1ccc(S(=O)(=O)O)cc1.N[C@@H](CC(=O)O)C(=O)O. The normalized spacial score (nSPS) is 11.9. The molecule has 1 aromatic rings. The third-order valence-corrected chi connectivity index (χ3v) is 2.90. The van der Waals surface area contributed by atoms with Crippen molar-refractivity contribution in [1.82, 2.24) is 0 Å². The Kier molecular flexibility index (Phi) is 6.83. The molecular weight excluding hydrogens is 290 g/mol. The number of carboxylic acids is 2. The van der Waals surface area contributed by atoms with Crippen molar-refractivity contribution >= 4 is 22.1 Å². The van der Waals surface area contributed by atoms with Crippen LogP contribution in [0.2, 0.25) is 0 Å². The molecule has 0 heterocycles. The Morgan fingerprint density at radius 1 is 1.20 bits per heavy atom. The monoisotopic (exact) mass is 305 g/mol. The third-order valence-electron chi connectivity index (χ3n) is 2.03. The molecule has 0 aliphatic rings. The molecule has 9 heteroatoms. The molecular formula is C11H15NO7S. The van der Waals surface area contributed by atoms with Gasteiger partial charge in [-0.05, 0) is 19.1 Å². The van der Waals surface area contributed by atoms with Crippen LogP contribution < -0.4 is 5.73 Å². The second-order valence-corrected chi connectivity index (χ2v) is 5.25. The average Bonchev–Trinajstić information content (AvgIpc) is 2.28. The lowest BCUT2D eigenvalue weighted by molar-refractivity contribution is -0.144. The second kappa shape index (κ2) is 7.58. The van der Waals surface area contributed by atoms with Crippen molar-refractivity contribution in [2.24, 2.45) is 5.73 Å². The van der Waals surface area contributed by atoms with Gasteiger partial charge < -0.3 is 15.9 Å². The first-order valence-electron chi connectivity index (χ1n) is 5.28. The lowest BCUT2D eigenvalue weighted by atomic mass is 10.2. The summed E-state index contributed by atoms with van der Waals surface area (Å²) in [6, 6.07) is 4.70. The maximum atomic E-state index is 10.5. The molecule has 0 aliphatic carbocycles. The van der Waals surface area contributed by atoms with E-state index in [0.29, 0.717) is 0 Å². The van der Waals surface area contributed by atoms with Crippen molar-refractivity contribution < 1.29 is 32.8 Å². The molecule has 0 spiro atoms. The second-order valence-electron chi connectivity index (χ2n) is 3.83. The van der Waals surface area contributed by atoms with E-state index in [1.54, 1.807) is 12.1 Å². The van der Waals surface area contributed by atoms with Gasteiger partial charge in [0.15, 0.2) is 0 Å². The van der Waals surface area contributed by atoms with Gasteiger partial charge in [0.1, 0.15) is 6.04 Å². The molecule has 0 saturated carbocycles. The van der Waals surface area contributed by atoms with Gasteiger partial charge in [-0.3, -0.25) is 14.1 Å². The van der Waals surface area contributed by atoms with Crippen LogP contribution in [-0.2, 0) is 19.7 Å². The number of benzene rings is 1. The van der Waals surface area contributed by atoms with Crippen molar-refractivity contribution in [3.05, 3.63) is 29.8 Å². The standard InChI is InChI=1S/C7H8O3S.C4H7NO4/c1-6-2-4-7(5-3-6)11(8,9)10;5-2(4(8)9)1-3(6)7/h2-5H,1H3,(H,8,9,10);2H,1,5H2,(H,6,7)(H,8,9)/t;2-/m.0/s1. The summed E-state index contributed by atoms with van der Waals surface area (Å²) in [6.07, 6.45) is -0.532. The van der Waals surface area contributed by atoms with E-state index in [2.05, 4.69) is 0 Å². The molecule has 112 valence electrons. The zero-order valence-corrected chi connectivity index (χ0v) is 11.4. The summed E-state index contributed by atoms with van der Waals surface area (Å²) in [7, 11) is -4.02. The molecule has 0 aliphatic heterocycles. The fraction of sp³-hybridized carbons (Fsp3) is 0.273. The van der Waals surface area contributed by atoms with Gasteiger partial charge >= 0.3 is 11.9 Å². The van der Waals surface area contributed by atoms with Crippen LogP contribution in [0.1, 0.15) is 12.0 Å². The fourth-order valence-electron chi connectivity index (χ4n) is 0.986. The lowest BCUT2D eigenvalue weighted by Crippen LogP contribution is -2.32. The van der Waals surface area contributed by atoms with E-state index in [1.165, 1.54) is 12.1 Å². The highest BCUT2D eigenvalue weighted by Crippen LogP contribution is 2.08. The Morgan fingerprint density at radius 3 is 1.90 bits per heavy atom. The molecule has 8 nitrogen and oxygen atoms in total. The molecule has 0 bridgehead atoms. The summed E-state index contributed by atoms with van der Waals surface area (Å²) >= 11 is 0. The van der Waals surface area contributed by atoms with Crippen LogP contribution in [0, 0.1) is 6.92 Å². The molecule has 1 aromatic carbocycles. The number of hydrogen-bond acceptors (Lipinski definition) is 5. The van der Waals surface area contributed by atoms with Crippen LogP contribution in [-0.4, -0.2) is 41.2 Å². The number of nitrogens with two attached hydrogens (primary N) is 1. The molecule has 0 aromatic heterocycles. The predicted octanol–water partition coefficient (Wildman–Crippen LogP) is 0.115. The number of carbonyl (C=O) groups is 2. The lowest BCUT2D eigenvalue weighted by Gasteiger charge is -1.99. The molecule has 5 N–H and O–H groups in total. The minimum absolute atomic E-state index is 0.0666. The Balaban J connectivity index is 0.000000370. The number of hydrogen-bond donors (Lipinski definition) is 4. The number of carboxylic acid groups (broad SMARTS) is 2. The summed E-state index contributed by atoms with van der Waals surface area (Å²) in [5, 5.41) is 16.0. The van der Waals surface area contributed by atoms with Crippen LogP contribution >= 0.6 is 0 Å². The molecule has 0 fully saturated rings. The predicted molar refractivity (Wildman–Crippen MR) is 68.9 cm³/mol. The minimum atomic E-state index is -4.02. The van der Waals surface area contributed by atoms with E-state index in [1.807, 2.05) is 6.92 Å². The molecule has 20 heavy (non-hydrogen) atoms. The van der Waals surface area contributed by atoms with Gasteiger partial charge in [0.05, 0.1) is 11.3 Å². The smallest absolute Gasteiger partial charge is 0.321 e. The first-order chi connectivity index (χ1) is 9.04. The summed E-state index contributed by atoms with van der Waals surface area (Å²) < 4.78 is 29.6. The Bertz CT molecular complexity index is 565. The molecule has 0 amide bonds. The van der Waals surface area contributed by atoms with Crippen molar-refractivity contribution in [2.75, 3.05) is 0 Å². The van der Waals surface area contributed by atoms with E-state index in [0.717, 1.165) is 5.56 Å². The first kappa shape index (κ1) is 18.0. The highest BCUT2D eigenvalue weighted by atomic mass is 32.2. The maximum Gasteiger partial charge on any atom is 0.321 e. The zero-order chi connectivity index (χ0) is 15.9. The van der Waals surface area contributed by atoms with E-state index in [9.17, 15) is 18.0 Å². The van der Waals surface area contributed by atoms with Gasteiger partial charge in [0.25, 0.3) is 10.1 Å². The fourth-order valence-corrected chi connectivity index (χ4v) is 1.47. The number of aryl methyl sites for hydroxylation is 1. The highest BCUT2D eigenvalue weighted by molar-refractivity contribution is 7.85. The first-order valence-corrected chi connectivity index (χ1v) is 6.72. The van der Waals surface area contributed by atoms with Crippen LogP contribution in [0.25, 0.3) is 0 Å². The third kappa shape index (κ3) is 7.46. The molecule has 0 saturated heterocycles. The van der Waals surface area contributed by atoms with Gasteiger partial charge in [0, 0.05) is 0 Å². The van der Waals surface area contributed by atoms with Crippen molar-refractivity contribution in [3.8, 4) is 0 Å². The highest BCUT2D eigenvalue weighted by Gasteiger charge is 2.14. The van der Waals surface area contributed by atoms with E-state index >= 15 is 0 Å². The van der Waals surface area contributed by atoms with Crippen LogP contribution in [0.15, 0.2) is 29.2 Å². The minimum Gasteiger partial charge on any atom is -0.481 e. The summed E-state index contributed by atoms with van der Waals surface area (Å²) in [6.45, 7) is 1.84. The zero-order valence-electron chi connectivity index (χ0n) is 10.6. The van der Waals surface area contributed by atoms with E-state index in [-0.39, 0.29) is 4.90 Å². The summed E-state index contributed by atoms with van der Waals surface area (Å²) in [5.41, 5.74) is 5.79. The Hall–Kier alpha value is -1.97. The Morgan fingerprint density at radius 2 is 1.65 bits per heavy atom.